The van der Waals surface area contributed by atoms with Gasteiger partial charge in [0.15, 0.2) is 0 Å². The molecule has 0 spiro atoms. The number of likely N-dealkylation sites (N-methyl/N-ethyl adjacent to an activating group) is 1. The predicted molar refractivity (Wildman–Crippen MR) is 76.7 cm³/mol. The molecule has 0 aliphatic carbocycles. The molecule has 112 valence electrons. The van der Waals surface area contributed by atoms with Gasteiger partial charge in [0.05, 0.1) is 4.90 Å². The minimum Gasteiger partial charge on any atom is -0.315 e. The molecule has 20 heavy (non-hydrogen) atoms. The van der Waals surface area contributed by atoms with Crippen LogP contribution in [0.2, 0.25) is 0 Å². The van der Waals surface area contributed by atoms with Crippen molar-refractivity contribution in [3.05, 3.63) is 29.1 Å². The summed E-state index contributed by atoms with van der Waals surface area (Å²) < 4.78 is 40.6. The van der Waals surface area contributed by atoms with Gasteiger partial charge in [-0.25, -0.2) is 12.8 Å². The Labute approximate surface area is 120 Å². The Morgan fingerprint density at radius 2 is 1.95 bits per heavy atom. The van der Waals surface area contributed by atoms with Crippen LogP contribution in [0.5, 0.6) is 0 Å². The smallest absolute Gasteiger partial charge is 0.243 e. The van der Waals surface area contributed by atoms with Crippen LogP contribution in [0, 0.1) is 19.7 Å². The van der Waals surface area contributed by atoms with Crippen molar-refractivity contribution in [2.45, 2.75) is 38.1 Å². The summed E-state index contributed by atoms with van der Waals surface area (Å²) >= 11 is 0. The second kappa shape index (κ2) is 5.79. The number of halogens is 1. The minimum atomic E-state index is -3.59. The first-order chi connectivity index (χ1) is 9.37. The zero-order valence-corrected chi connectivity index (χ0v) is 12.9. The molecule has 1 atom stereocenters. The summed E-state index contributed by atoms with van der Waals surface area (Å²) in [6.07, 6.45) is 0.812. The fraction of sp³-hybridized carbons (Fsp3) is 0.571. The van der Waals surface area contributed by atoms with Crippen LogP contribution in [0.3, 0.4) is 0 Å². The van der Waals surface area contributed by atoms with Crippen LogP contribution >= 0.6 is 0 Å². The summed E-state index contributed by atoms with van der Waals surface area (Å²) in [5.74, 6) is -0.399. The van der Waals surface area contributed by atoms with Crippen molar-refractivity contribution in [1.82, 2.24) is 9.62 Å². The summed E-state index contributed by atoms with van der Waals surface area (Å²) in [5.41, 5.74) is 0.929. The van der Waals surface area contributed by atoms with Crippen molar-refractivity contribution in [1.29, 1.82) is 0 Å². The number of hydrogen-bond acceptors (Lipinski definition) is 3. The highest BCUT2D eigenvalue weighted by Crippen LogP contribution is 2.27. The van der Waals surface area contributed by atoms with Crippen molar-refractivity contribution >= 4 is 10.0 Å². The molecule has 0 amide bonds. The first-order valence-corrected chi connectivity index (χ1v) is 8.31. The monoisotopic (exact) mass is 300 g/mol. The van der Waals surface area contributed by atoms with Gasteiger partial charge >= 0.3 is 0 Å². The molecule has 0 saturated carbocycles. The van der Waals surface area contributed by atoms with Crippen LogP contribution in [0.25, 0.3) is 0 Å². The SMILES string of the molecule is CCN(C1CCNC1)S(=O)(=O)c1c(C)cc(F)cc1C. The first kappa shape index (κ1) is 15.4. The molecule has 1 aliphatic heterocycles. The third-order valence-electron chi connectivity index (χ3n) is 3.75. The average molecular weight is 300 g/mol. The van der Waals surface area contributed by atoms with Crippen LogP contribution in [0.15, 0.2) is 17.0 Å². The molecule has 1 saturated heterocycles. The standard InChI is InChI=1S/C14H21FN2O2S/c1-4-17(13-5-6-16-9-13)20(18,19)14-10(2)7-12(15)8-11(14)3/h7-8,13,16H,4-6,9H2,1-3H3. The van der Waals surface area contributed by atoms with E-state index in [0.717, 1.165) is 13.0 Å². The molecule has 1 unspecified atom stereocenters. The lowest BCUT2D eigenvalue weighted by Crippen LogP contribution is -2.41. The second-order valence-corrected chi connectivity index (χ2v) is 7.05. The van der Waals surface area contributed by atoms with Gasteiger partial charge in [-0.3, -0.25) is 0 Å². The first-order valence-electron chi connectivity index (χ1n) is 6.87. The Balaban J connectivity index is 2.48. The van der Waals surface area contributed by atoms with E-state index in [1.807, 2.05) is 6.92 Å². The van der Waals surface area contributed by atoms with Gasteiger partial charge in [-0.15, -0.1) is 0 Å². The maximum atomic E-state index is 13.4. The van der Waals surface area contributed by atoms with Crippen molar-refractivity contribution in [2.24, 2.45) is 0 Å². The van der Waals surface area contributed by atoms with E-state index in [1.165, 1.54) is 16.4 Å². The second-order valence-electron chi connectivity index (χ2n) is 5.22. The lowest BCUT2D eigenvalue weighted by atomic mass is 10.1. The molecular formula is C14H21FN2O2S. The maximum absolute atomic E-state index is 13.4. The van der Waals surface area contributed by atoms with E-state index >= 15 is 0 Å². The van der Waals surface area contributed by atoms with Crippen molar-refractivity contribution in [2.75, 3.05) is 19.6 Å². The molecule has 1 aliphatic rings. The third-order valence-corrected chi connectivity index (χ3v) is 6.08. The quantitative estimate of drug-likeness (QED) is 0.922. The Kier molecular flexibility index (Phi) is 4.46. The van der Waals surface area contributed by atoms with E-state index < -0.39 is 15.8 Å². The molecular weight excluding hydrogens is 279 g/mol. The van der Waals surface area contributed by atoms with Crippen LogP contribution in [-0.4, -0.2) is 38.4 Å². The van der Waals surface area contributed by atoms with Gasteiger partial charge in [-0.05, 0) is 50.1 Å². The van der Waals surface area contributed by atoms with E-state index in [-0.39, 0.29) is 10.9 Å². The number of nitrogens with zero attached hydrogens (tertiary/aromatic N) is 1. The van der Waals surface area contributed by atoms with E-state index in [4.69, 9.17) is 0 Å². The van der Waals surface area contributed by atoms with E-state index in [1.54, 1.807) is 13.8 Å². The van der Waals surface area contributed by atoms with Gasteiger partial charge in [-0.1, -0.05) is 6.92 Å². The molecule has 1 aromatic rings. The van der Waals surface area contributed by atoms with Gasteiger partial charge in [0, 0.05) is 19.1 Å². The molecule has 1 aromatic carbocycles. The fourth-order valence-corrected chi connectivity index (χ4v) is 5.01. The van der Waals surface area contributed by atoms with Crippen molar-refractivity contribution < 1.29 is 12.8 Å². The Morgan fingerprint density at radius 3 is 2.40 bits per heavy atom. The van der Waals surface area contributed by atoms with Crippen LogP contribution < -0.4 is 5.32 Å². The third kappa shape index (κ3) is 2.73. The number of benzene rings is 1. The van der Waals surface area contributed by atoms with Crippen molar-refractivity contribution in [3.63, 3.8) is 0 Å². The maximum Gasteiger partial charge on any atom is 0.243 e. The Bertz CT molecular complexity index is 572. The van der Waals surface area contributed by atoms with E-state index in [2.05, 4.69) is 5.32 Å². The van der Waals surface area contributed by atoms with Crippen LogP contribution in [0.4, 0.5) is 4.39 Å². The zero-order chi connectivity index (χ0) is 14.9. The van der Waals surface area contributed by atoms with Gasteiger partial charge in [0.25, 0.3) is 0 Å². The van der Waals surface area contributed by atoms with E-state index in [9.17, 15) is 12.8 Å². The molecule has 2 rings (SSSR count). The normalized spacial score (nSPS) is 19.8. The molecule has 0 bridgehead atoms. The highest BCUT2D eigenvalue weighted by Gasteiger charge is 2.33. The molecule has 0 aromatic heterocycles. The average Bonchev–Trinajstić information content (AvgIpc) is 2.80. The van der Waals surface area contributed by atoms with Gasteiger partial charge in [0.2, 0.25) is 10.0 Å². The van der Waals surface area contributed by atoms with Crippen molar-refractivity contribution in [3.8, 4) is 0 Å². The molecule has 6 heteroatoms. The van der Waals surface area contributed by atoms with Crippen LogP contribution in [-0.2, 0) is 10.0 Å². The summed E-state index contributed by atoms with van der Waals surface area (Å²) in [6, 6.07) is 2.54. The number of aryl methyl sites for hydroxylation is 2. The molecule has 0 radical (unpaired) electrons. The predicted octanol–water partition coefficient (Wildman–Crippen LogP) is 1.82. The lowest BCUT2D eigenvalue weighted by molar-refractivity contribution is 0.348. The number of sulfonamides is 1. The summed E-state index contributed by atoms with van der Waals surface area (Å²) in [4.78, 5) is 0.243. The Hall–Kier alpha value is -0.980. The summed E-state index contributed by atoms with van der Waals surface area (Å²) in [6.45, 7) is 7.05. The molecule has 1 N–H and O–H groups in total. The Morgan fingerprint density at radius 1 is 1.35 bits per heavy atom. The number of rotatable bonds is 4. The number of hydrogen-bond donors (Lipinski definition) is 1. The van der Waals surface area contributed by atoms with E-state index in [0.29, 0.717) is 24.2 Å². The van der Waals surface area contributed by atoms with Crippen LogP contribution in [0.1, 0.15) is 24.5 Å². The highest BCUT2D eigenvalue weighted by molar-refractivity contribution is 7.89. The zero-order valence-electron chi connectivity index (χ0n) is 12.1. The summed E-state index contributed by atoms with van der Waals surface area (Å²) in [5, 5.41) is 3.18. The molecule has 1 heterocycles. The number of nitrogens with one attached hydrogen (secondary N) is 1. The minimum absolute atomic E-state index is 0.0196. The molecule has 1 fully saturated rings. The summed E-state index contributed by atoms with van der Waals surface area (Å²) in [7, 11) is -3.59. The van der Waals surface area contributed by atoms with Gasteiger partial charge < -0.3 is 5.32 Å². The van der Waals surface area contributed by atoms with Gasteiger partial charge in [0.1, 0.15) is 5.82 Å². The molecule has 4 nitrogen and oxygen atoms in total. The van der Waals surface area contributed by atoms with Gasteiger partial charge in [-0.2, -0.15) is 4.31 Å². The fourth-order valence-electron chi connectivity index (χ4n) is 2.93. The topological polar surface area (TPSA) is 49.4 Å². The highest BCUT2D eigenvalue weighted by atomic mass is 32.2. The largest absolute Gasteiger partial charge is 0.315 e. The lowest BCUT2D eigenvalue weighted by Gasteiger charge is -2.27.